The third-order valence-corrected chi connectivity index (χ3v) is 2.78. The molecular formula is C10H18N4. The monoisotopic (exact) mass is 194 g/mol. The summed E-state index contributed by atoms with van der Waals surface area (Å²) in [5.41, 5.74) is 0. The smallest absolute Gasteiger partial charge is 0.151 e. The second kappa shape index (κ2) is 4.55. The molecule has 1 aliphatic carbocycles. The van der Waals surface area contributed by atoms with Gasteiger partial charge in [0.1, 0.15) is 5.82 Å². The molecule has 2 rings (SSSR count). The molecule has 0 radical (unpaired) electrons. The Hall–Kier alpha value is -0.900. The van der Waals surface area contributed by atoms with Crippen molar-refractivity contribution in [3.05, 3.63) is 11.6 Å². The Labute approximate surface area is 84.5 Å². The number of aromatic amines is 1. The van der Waals surface area contributed by atoms with Crippen LogP contribution in [0.5, 0.6) is 0 Å². The molecule has 1 aliphatic rings. The van der Waals surface area contributed by atoms with E-state index in [4.69, 9.17) is 0 Å². The summed E-state index contributed by atoms with van der Waals surface area (Å²) in [5.74, 6) is 1.83. The van der Waals surface area contributed by atoms with Crippen molar-refractivity contribution in [1.82, 2.24) is 20.5 Å². The first kappa shape index (κ1) is 9.65. The van der Waals surface area contributed by atoms with Crippen LogP contribution in [0.2, 0.25) is 0 Å². The molecule has 0 spiro atoms. The number of hydrogen-bond acceptors (Lipinski definition) is 3. The number of rotatable bonds is 4. The highest BCUT2D eigenvalue weighted by atomic mass is 15.2. The van der Waals surface area contributed by atoms with Crippen molar-refractivity contribution in [2.24, 2.45) is 0 Å². The normalized spacial score (nSPS) is 17.8. The number of hydrogen-bond donors (Lipinski definition) is 2. The van der Waals surface area contributed by atoms with Crippen molar-refractivity contribution in [3.8, 4) is 0 Å². The lowest BCUT2D eigenvalue weighted by Crippen LogP contribution is -2.28. The molecular weight excluding hydrogens is 176 g/mol. The van der Waals surface area contributed by atoms with E-state index in [1.807, 2.05) is 6.92 Å². The Morgan fingerprint density at radius 3 is 2.86 bits per heavy atom. The molecule has 0 atom stereocenters. The van der Waals surface area contributed by atoms with Gasteiger partial charge in [-0.25, -0.2) is 4.98 Å². The Morgan fingerprint density at radius 2 is 2.21 bits per heavy atom. The van der Waals surface area contributed by atoms with Crippen LogP contribution in [-0.4, -0.2) is 27.8 Å². The van der Waals surface area contributed by atoms with Crippen LogP contribution in [0.3, 0.4) is 0 Å². The Morgan fingerprint density at radius 1 is 1.43 bits per heavy atom. The van der Waals surface area contributed by atoms with Gasteiger partial charge in [0, 0.05) is 19.0 Å². The van der Waals surface area contributed by atoms with Crippen LogP contribution < -0.4 is 5.32 Å². The molecule has 1 heterocycles. The van der Waals surface area contributed by atoms with E-state index in [0.29, 0.717) is 0 Å². The van der Waals surface area contributed by atoms with Crippen molar-refractivity contribution in [2.45, 2.75) is 45.1 Å². The molecule has 4 heteroatoms. The summed E-state index contributed by atoms with van der Waals surface area (Å²) in [7, 11) is 0. The number of H-pyrrole nitrogens is 1. The van der Waals surface area contributed by atoms with Crippen molar-refractivity contribution in [3.63, 3.8) is 0 Å². The topological polar surface area (TPSA) is 53.6 Å². The van der Waals surface area contributed by atoms with Gasteiger partial charge in [0.25, 0.3) is 0 Å². The van der Waals surface area contributed by atoms with Crippen LogP contribution in [0.1, 0.15) is 37.3 Å². The van der Waals surface area contributed by atoms with Gasteiger partial charge in [0.2, 0.25) is 0 Å². The van der Waals surface area contributed by atoms with Gasteiger partial charge in [-0.05, 0) is 19.8 Å². The largest absolute Gasteiger partial charge is 0.314 e. The van der Waals surface area contributed by atoms with E-state index in [0.717, 1.165) is 30.7 Å². The van der Waals surface area contributed by atoms with E-state index in [9.17, 15) is 0 Å². The summed E-state index contributed by atoms with van der Waals surface area (Å²) in [6, 6.07) is 0.745. The van der Waals surface area contributed by atoms with Crippen molar-refractivity contribution < 1.29 is 0 Å². The van der Waals surface area contributed by atoms with E-state index >= 15 is 0 Å². The highest BCUT2D eigenvalue weighted by Gasteiger charge is 2.13. The van der Waals surface area contributed by atoms with E-state index < -0.39 is 0 Å². The molecule has 78 valence electrons. The Kier molecular flexibility index (Phi) is 3.14. The molecule has 0 aliphatic heterocycles. The molecule has 1 fully saturated rings. The van der Waals surface area contributed by atoms with Gasteiger partial charge in [0.15, 0.2) is 5.82 Å². The number of nitrogens with zero attached hydrogens (tertiary/aromatic N) is 2. The molecule has 1 saturated carbocycles. The van der Waals surface area contributed by atoms with Gasteiger partial charge in [-0.1, -0.05) is 12.8 Å². The van der Waals surface area contributed by atoms with Crippen LogP contribution in [-0.2, 0) is 6.42 Å². The SMILES string of the molecule is Cc1nc(CCNC2CCCC2)n[nH]1. The van der Waals surface area contributed by atoms with Crippen molar-refractivity contribution in [2.75, 3.05) is 6.54 Å². The van der Waals surface area contributed by atoms with Gasteiger partial charge >= 0.3 is 0 Å². The zero-order valence-electron chi connectivity index (χ0n) is 8.71. The fourth-order valence-corrected chi connectivity index (χ4v) is 2.02. The molecule has 0 amide bonds. The standard InChI is InChI=1S/C10H18N4/c1-8-12-10(14-13-8)6-7-11-9-4-2-3-5-9/h9,11H,2-7H2,1H3,(H,12,13,14). The molecule has 0 unspecified atom stereocenters. The summed E-state index contributed by atoms with van der Waals surface area (Å²) in [5, 5.41) is 10.5. The van der Waals surface area contributed by atoms with E-state index in [1.54, 1.807) is 0 Å². The Balaban J connectivity index is 1.67. The molecule has 14 heavy (non-hydrogen) atoms. The zero-order valence-corrected chi connectivity index (χ0v) is 8.71. The van der Waals surface area contributed by atoms with Crippen LogP contribution in [0.25, 0.3) is 0 Å². The summed E-state index contributed by atoms with van der Waals surface area (Å²) in [4.78, 5) is 4.27. The van der Waals surface area contributed by atoms with Crippen LogP contribution in [0.15, 0.2) is 0 Å². The molecule has 0 bridgehead atoms. The van der Waals surface area contributed by atoms with E-state index in [1.165, 1.54) is 25.7 Å². The second-order valence-electron chi connectivity index (χ2n) is 4.02. The predicted octanol–water partition coefficient (Wildman–Crippen LogP) is 1.19. The maximum atomic E-state index is 4.27. The second-order valence-corrected chi connectivity index (χ2v) is 4.02. The van der Waals surface area contributed by atoms with Crippen LogP contribution in [0, 0.1) is 6.92 Å². The summed E-state index contributed by atoms with van der Waals surface area (Å²) in [6.07, 6.45) is 6.38. The maximum Gasteiger partial charge on any atom is 0.151 e. The lowest BCUT2D eigenvalue weighted by molar-refractivity contribution is 0.524. The summed E-state index contributed by atoms with van der Waals surface area (Å²) < 4.78 is 0. The summed E-state index contributed by atoms with van der Waals surface area (Å²) in [6.45, 7) is 2.93. The predicted molar refractivity (Wildman–Crippen MR) is 55.1 cm³/mol. The minimum Gasteiger partial charge on any atom is -0.314 e. The quantitative estimate of drug-likeness (QED) is 0.757. The summed E-state index contributed by atoms with van der Waals surface area (Å²) >= 11 is 0. The van der Waals surface area contributed by atoms with Gasteiger partial charge in [-0.15, -0.1) is 0 Å². The number of aryl methyl sites for hydroxylation is 1. The third-order valence-electron chi connectivity index (χ3n) is 2.78. The third kappa shape index (κ3) is 2.54. The molecule has 1 aromatic heterocycles. The first-order chi connectivity index (χ1) is 6.84. The van der Waals surface area contributed by atoms with Crippen LogP contribution in [0.4, 0.5) is 0 Å². The first-order valence-electron chi connectivity index (χ1n) is 5.46. The fourth-order valence-electron chi connectivity index (χ4n) is 2.02. The lowest BCUT2D eigenvalue weighted by Gasteiger charge is -2.09. The number of aromatic nitrogens is 3. The highest BCUT2D eigenvalue weighted by Crippen LogP contribution is 2.17. The van der Waals surface area contributed by atoms with Gasteiger partial charge in [-0.3, -0.25) is 5.10 Å². The van der Waals surface area contributed by atoms with Gasteiger partial charge in [0.05, 0.1) is 0 Å². The molecule has 4 nitrogen and oxygen atoms in total. The zero-order chi connectivity index (χ0) is 9.80. The van der Waals surface area contributed by atoms with Crippen molar-refractivity contribution >= 4 is 0 Å². The van der Waals surface area contributed by atoms with Crippen molar-refractivity contribution in [1.29, 1.82) is 0 Å². The van der Waals surface area contributed by atoms with E-state index in [-0.39, 0.29) is 0 Å². The maximum absolute atomic E-state index is 4.27. The van der Waals surface area contributed by atoms with Gasteiger partial charge in [-0.2, -0.15) is 5.10 Å². The average molecular weight is 194 g/mol. The van der Waals surface area contributed by atoms with Crippen LogP contribution >= 0.6 is 0 Å². The van der Waals surface area contributed by atoms with Gasteiger partial charge < -0.3 is 5.32 Å². The molecule has 0 saturated heterocycles. The Bertz CT molecular complexity index is 275. The molecule has 1 aromatic rings. The highest BCUT2D eigenvalue weighted by molar-refractivity contribution is 4.88. The first-order valence-corrected chi connectivity index (χ1v) is 5.46. The van der Waals surface area contributed by atoms with E-state index in [2.05, 4.69) is 20.5 Å². The molecule has 2 N–H and O–H groups in total. The number of nitrogens with one attached hydrogen (secondary N) is 2. The lowest BCUT2D eigenvalue weighted by atomic mass is 10.2. The molecule has 0 aromatic carbocycles. The average Bonchev–Trinajstić information content (AvgIpc) is 2.77. The minimum absolute atomic E-state index is 0.745. The fraction of sp³-hybridized carbons (Fsp3) is 0.800. The minimum atomic E-state index is 0.745.